The van der Waals surface area contributed by atoms with Crippen LogP contribution in [0, 0.1) is 17.0 Å². The van der Waals surface area contributed by atoms with Crippen LogP contribution in [0.2, 0.25) is 0 Å². The first-order chi connectivity index (χ1) is 7.03. The fourth-order valence-corrected chi connectivity index (χ4v) is 1.96. The van der Waals surface area contributed by atoms with Gasteiger partial charge >= 0.3 is 0 Å². The van der Waals surface area contributed by atoms with Crippen LogP contribution in [-0.4, -0.2) is 11.2 Å². The van der Waals surface area contributed by atoms with Crippen molar-refractivity contribution in [1.29, 1.82) is 0 Å². The second-order valence-electron chi connectivity index (χ2n) is 4.46. The molecule has 0 saturated heterocycles. The molecule has 0 amide bonds. The van der Waals surface area contributed by atoms with Crippen LogP contribution < -0.4 is 0 Å². The zero-order valence-electron chi connectivity index (χ0n) is 8.63. The molecule has 1 aliphatic rings. The van der Waals surface area contributed by atoms with Crippen LogP contribution in [0.3, 0.4) is 0 Å². The summed E-state index contributed by atoms with van der Waals surface area (Å²) in [5.74, 6) is -1.63. The van der Waals surface area contributed by atoms with Gasteiger partial charge in [-0.3, -0.25) is 0 Å². The maximum absolute atomic E-state index is 12.9. The summed E-state index contributed by atoms with van der Waals surface area (Å²) < 4.78 is 25.6. The zero-order chi connectivity index (χ0) is 11.1. The lowest BCUT2D eigenvalue weighted by Crippen LogP contribution is -2.20. The van der Waals surface area contributed by atoms with Crippen molar-refractivity contribution in [3.8, 4) is 0 Å². The quantitative estimate of drug-likeness (QED) is 0.816. The third-order valence-electron chi connectivity index (χ3n) is 3.32. The first-order valence-corrected chi connectivity index (χ1v) is 5.15. The Balaban J connectivity index is 2.15. The molecule has 1 N–H and O–H groups in total. The summed E-state index contributed by atoms with van der Waals surface area (Å²) in [4.78, 5) is 0. The van der Waals surface area contributed by atoms with E-state index in [1.54, 1.807) is 13.0 Å². The SMILES string of the molecule is CC(O)C1(Cc2ccc(F)c(F)c2)CC1. The van der Waals surface area contributed by atoms with Gasteiger partial charge in [0.05, 0.1) is 6.10 Å². The van der Waals surface area contributed by atoms with Gasteiger partial charge in [-0.15, -0.1) is 0 Å². The third kappa shape index (κ3) is 2.02. The van der Waals surface area contributed by atoms with E-state index in [2.05, 4.69) is 0 Å². The van der Waals surface area contributed by atoms with Crippen LogP contribution in [0.15, 0.2) is 18.2 Å². The van der Waals surface area contributed by atoms with Gasteiger partial charge in [-0.2, -0.15) is 0 Å². The lowest BCUT2D eigenvalue weighted by Gasteiger charge is -2.18. The van der Waals surface area contributed by atoms with E-state index in [0.717, 1.165) is 24.5 Å². The molecule has 1 nitrogen and oxygen atoms in total. The van der Waals surface area contributed by atoms with Gasteiger partial charge in [-0.05, 0) is 43.9 Å². The minimum Gasteiger partial charge on any atom is -0.393 e. The molecule has 0 spiro atoms. The molecule has 0 bridgehead atoms. The van der Waals surface area contributed by atoms with E-state index in [1.165, 1.54) is 6.07 Å². The smallest absolute Gasteiger partial charge is 0.159 e. The Morgan fingerprint density at radius 3 is 2.47 bits per heavy atom. The third-order valence-corrected chi connectivity index (χ3v) is 3.32. The van der Waals surface area contributed by atoms with Crippen molar-refractivity contribution in [2.45, 2.75) is 32.3 Å². The molecular formula is C12H14F2O. The van der Waals surface area contributed by atoms with Crippen molar-refractivity contribution in [2.75, 3.05) is 0 Å². The first-order valence-electron chi connectivity index (χ1n) is 5.15. The molecule has 0 radical (unpaired) electrons. The van der Waals surface area contributed by atoms with Gasteiger partial charge in [-0.1, -0.05) is 6.07 Å². The maximum Gasteiger partial charge on any atom is 0.159 e. The Morgan fingerprint density at radius 2 is 2.00 bits per heavy atom. The number of hydrogen-bond acceptors (Lipinski definition) is 1. The summed E-state index contributed by atoms with van der Waals surface area (Å²) >= 11 is 0. The van der Waals surface area contributed by atoms with Gasteiger partial charge in [-0.25, -0.2) is 8.78 Å². The number of halogens is 2. The second-order valence-corrected chi connectivity index (χ2v) is 4.46. The lowest BCUT2D eigenvalue weighted by molar-refractivity contribution is 0.110. The second kappa shape index (κ2) is 3.56. The van der Waals surface area contributed by atoms with Crippen LogP contribution in [0.25, 0.3) is 0 Å². The van der Waals surface area contributed by atoms with E-state index in [9.17, 15) is 13.9 Å². The average molecular weight is 212 g/mol. The predicted molar refractivity (Wildman–Crippen MR) is 53.4 cm³/mol. The van der Waals surface area contributed by atoms with Gasteiger partial charge in [0.1, 0.15) is 0 Å². The summed E-state index contributed by atoms with van der Waals surface area (Å²) in [5.41, 5.74) is 0.664. The molecular weight excluding hydrogens is 198 g/mol. The Kier molecular flexibility index (Phi) is 2.51. The number of aliphatic hydroxyl groups is 1. The minimum atomic E-state index is -0.819. The Labute approximate surface area is 87.7 Å². The van der Waals surface area contributed by atoms with Gasteiger partial charge in [0.15, 0.2) is 11.6 Å². The van der Waals surface area contributed by atoms with E-state index in [0.29, 0.717) is 6.42 Å². The normalized spacial score (nSPS) is 20.0. The van der Waals surface area contributed by atoms with Gasteiger partial charge in [0.2, 0.25) is 0 Å². The highest BCUT2D eigenvalue weighted by atomic mass is 19.2. The van der Waals surface area contributed by atoms with Gasteiger partial charge in [0, 0.05) is 5.41 Å². The molecule has 3 heteroatoms. The Hall–Kier alpha value is -0.960. The van der Waals surface area contributed by atoms with Crippen molar-refractivity contribution in [3.63, 3.8) is 0 Å². The summed E-state index contributed by atoms with van der Waals surface area (Å²) in [6.07, 6.45) is 2.17. The fraction of sp³-hybridized carbons (Fsp3) is 0.500. The van der Waals surface area contributed by atoms with Gasteiger partial charge in [0.25, 0.3) is 0 Å². The van der Waals surface area contributed by atoms with Crippen molar-refractivity contribution in [1.82, 2.24) is 0 Å². The number of benzene rings is 1. The van der Waals surface area contributed by atoms with Crippen molar-refractivity contribution in [3.05, 3.63) is 35.4 Å². The molecule has 0 heterocycles. The monoisotopic (exact) mass is 212 g/mol. The molecule has 15 heavy (non-hydrogen) atoms. The molecule has 1 aliphatic carbocycles. The summed E-state index contributed by atoms with van der Waals surface area (Å²) in [5, 5.41) is 9.56. The standard InChI is InChI=1S/C12H14F2O/c1-8(15)12(4-5-12)7-9-2-3-10(13)11(14)6-9/h2-3,6,8,15H,4-5,7H2,1H3. The van der Waals surface area contributed by atoms with Crippen molar-refractivity contribution < 1.29 is 13.9 Å². The van der Waals surface area contributed by atoms with Crippen molar-refractivity contribution in [2.24, 2.45) is 5.41 Å². The highest BCUT2D eigenvalue weighted by molar-refractivity contribution is 5.21. The van der Waals surface area contributed by atoms with Crippen molar-refractivity contribution >= 4 is 0 Å². The molecule has 1 saturated carbocycles. The van der Waals surface area contributed by atoms with E-state index in [1.807, 2.05) is 0 Å². The minimum absolute atomic E-state index is 0.0930. The van der Waals surface area contributed by atoms with Gasteiger partial charge < -0.3 is 5.11 Å². The van der Waals surface area contributed by atoms with Crippen LogP contribution in [0.5, 0.6) is 0 Å². The molecule has 1 atom stereocenters. The molecule has 0 aromatic heterocycles. The number of hydrogen-bond donors (Lipinski definition) is 1. The van der Waals surface area contributed by atoms with E-state index in [4.69, 9.17) is 0 Å². The molecule has 1 unspecified atom stereocenters. The van der Waals surface area contributed by atoms with E-state index >= 15 is 0 Å². The Morgan fingerprint density at radius 1 is 1.33 bits per heavy atom. The molecule has 1 aromatic rings. The van der Waals surface area contributed by atoms with E-state index in [-0.39, 0.29) is 11.5 Å². The average Bonchev–Trinajstić information content (AvgIpc) is 2.93. The summed E-state index contributed by atoms with van der Waals surface area (Å²) in [6.45, 7) is 1.76. The van der Waals surface area contributed by atoms with Crippen LogP contribution in [0.1, 0.15) is 25.3 Å². The molecule has 82 valence electrons. The lowest BCUT2D eigenvalue weighted by atomic mass is 9.92. The summed E-state index contributed by atoms with van der Waals surface area (Å²) in [7, 11) is 0. The molecule has 2 rings (SSSR count). The largest absolute Gasteiger partial charge is 0.393 e. The molecule has 1 aromatic carbocycles. The highest BCUT2D eigenvalue weighted by Gasteiger charge is 2.46. The van der Waals surface area contributed by atoms with Crippen LogP contribution in [0.4, 0.5) is 8.78 Å². The topological polar surface area (TPSA) is 20.2 Å². The van der Waals surface area contributed by atoms with E-state index < -0.39 is 11.6 Å². The number of aliphatic hydroxyl groups excluding tert-OH is 1. The Bertz CT molecular complexity index is 370. The van der Waals surface area contributed by atoms with Crippen LogP contribution >= 0.6 is 0 Å². The molecule has 0 aliphatic heterocycles. The maximum atomic E-state index is 12.9. The zero-order valence-corrected chi connectivity index (χ0v) is 8.63. The fourth-order valence-electron chi connectivity index (χ4n) is 1.96. The number of rotatable bonds is 3. The molecule has 1 fully saturated rings. The van der Waals surface area contributed by atoms with Crippen LogP contribution in [-0.2, 0) is 6.42 Å². The predicted octanol–water partition coefficient (Wildman–Crippen LogP) is 2.67. The summed E-state index contributed by atoms with van der Waals surface area (Å²) in [6, 6.07) is 3.95. The highest BCUT2D eigenvalue weighted by Crippen LogP contribution is 2.51. The first kappa shape index (κ1) is 10.6.